The van der Waals surface area contributed by atoms with Crippen LogP contribution in [0.1, 0.15) is 5.69 Å². The number of halogens is 1. The Bertz CT molecular complexity index is 496. The minimum atomic E-state index is 0.687. The van der Waals surface area contributed by atoms with Gasteiger partial charge in [-0.3, -0.25) is 4.68 Å². The largest absolute Gasteiger partial charge is 0.399 e. The van der Waals surface area contributed by atoms with Crippen LogP contribution in [0.25, 0.3) is 0 Å². The normalized spacial score (nSPS) is 10.6. The lowest BCUT2D eigenvalue weighted by molar-refractivity contribution is 0.755. The van der Waals surface area contributed by atoms with Crippen molar-refractivity contribution >= 4 is 29.1 Å². The van der Waals surface area contributed by atoms with Gasteiger partial charge in [-0.1, -0.05) is 11.6 Å². The predicted octanol–water partition coefficient (Wildman–Crippen LogP) is 2.95. The van der Waals surface area contributed by atoms with E-state index < -0.39 is 0 Å². The highest BCUT2D eigenvalue weighted by Crippen LogP contribution is 2.30. The highest BCUT2D eigenvalue weighted by atomic mass is 35.5. The fourth-order valence-corrected chi connectivity index (χ4v) is 2.50. The fraction of sp³-hybridized carbons (Fsp3) is 0.182. The summed E-state index contributed by atoms with van der Waals surface area (Å²) in [4.78, 5) is 1.03. The quantitative estimate of drug-likeness (QED) is 0.676. The average Bonchev–Trinajstić information content (AvgIpc) is 2.63. The summed E-state index contributed by atoms with van der Waals surface area (Å²) < 4.78 is 1.79. The predicted molar refractivity (Wildman–Crippen MR) is 68.6 cm³/mol. The first-order valence-electron chi connectivity index (χ1n) is 4.81. The van der Waals surface area contributed by atoms with Crippen molar-refractivity contribution in [3.8, 4) is 0 Å². The van der Waals surface area contributed by atoms with Crippen molar-refractivity contribution in [3.63, 3.8) is 0 Å². The van der Waals surface area contributed by atoms with E-state index in [1.54, 1.807) is 22.5 Å². The summed E-state index contributed by atoms with van der Waals surface area (Å²) in [6.45, 7) is 0. The first-order chi connectivity index (χ1) is 7.65. The molecule has 0 fully saturated rings. The summed E-state index contributed by atoms with van der Waals surface area (Å²) in [5.74, 6) is 0.810. The summed E-state index contributed by atoms with van der Waals surface area (Å²) in [5, 5.41) is 5.00. The van der Waals surface area contributed by atoms with Gasteiger partial charge in [-0.05, 0) is 24.3 Å². The number of rotatable bonds is 3. The molecule has 0 amide bonds. The summed E-state index contributed by atoms with van der Waals surface area (Å²) >= 11 is 7.73. The van der Waals surface area contributed by atoms with Gasteiger partial charge in [0.25, 0.3) is 0 Å². The van der Waals surface area contributed by atoms with Crippen molar-refractivity contribution in [3.05, 3.63) is 41.2 Å². The van der Waals surface area contributed by atoms with Crippen molar-refractivity contribution < 1.29 is 0 Å². The third-order valence-corrected chi connectivity index (χ3v) is 3.63. The van der Waals surface area contributed by atoms with Gasteiger partial charge in [-0.25, -0.2) is 0 Å². The number of thioether (sulfide) groups is 1. The highest BCUT2D eigenvalue weighted by Gasteiger charge is 2.03. The maximum atomic E-state index is 6.07. The van der Waals surface area contributed by atoms with Crippen LogP contribution in [0, 0.1) is 0 Å². The number of benzene rings is 1. The minimum absolute atomic E-state index is 0.687. The molecule has 0 unspecified atom stereocenters. The summed E-state index contributed by atoms with van der Waals surface area (Å²) in [6, 6.07) is 7.55. The SMILES string of the molecule is Cn1ccc(CSc2ccc(N)cc2Cl)n1. The second-order valence-electron chi connectivity index (χ2n) is 3.46. The molecule has 0 radical (unpaired) electrons. The first kappa shape index (κ1) is 11.4. The third kappa shape index (κ3) is 2.71. The van der Waals surface area contributed by atoms with Gasteiger partial charge in [0.1, 0.15) is 0 Å². The minimum Gasteiger partial charge on any atom is -0.399 e. The molecule has 1 aromatic carbocycles. The van der Waals surface area contributed by atoms with E-state index >= 15 is 0 Å². The lowest BCUT2D eigenvalue weighted by Gasteiger charge is -2.03. The Morgan fingerprint density at radius 3 is 2.88 bits per heavy atom. The smallest absolute Gasteiger partial charge is 0.0727 e. The fourth-order valence-electron chi connectivity index (χ4n) is 1.33. The Balaban J connectivity index is 2.04. The molecule has 0 aliphatic rings. The highest BCUT2D eigenvalue weighted by molar-refractivity contribution is 7.98. The molecule has 2 rings (SSSR count). The van der Waals surface area contributed by atoms with Crippen LogP contribution in [-0.2, 0) is 12.8 Å². The van der Waals surface area contributed by atoms with Crippen LogP contribution in [0.4, 0.5) is 5.69 Å². The molecular weight excluding hydrogens is 242 g/mol. The van der Waals surface area contributed by atoms with Crippen LogP contribution >= 0.6 is 23.4 Å². The zero-order valence-electron chi connectivity index (χ0n) is 8.85. The number of hydrogen-bond donors (Lipinski definition) is 1. The van der Waals surface area contributed by atoms with Crippen molar-refractivity contribution in [1.82, 2.24) is 9.78 Å². The van der Waals surface area contributed by atoms with Gasteiger partial charge < -0.3 is 5.73 Å². The average molecular weight is 254 g/mol. The number of aryl methyl sites for hydroxylation is 1. The Hall–Kier alpha value is -1.13. The van der Waals surface area contributed by atoms with Crippen LogP contribution in [0.5, 0.6) is 0 Å². The first-order valence-corrected chi connectivity index (χ1v) is 6.18. The second kappa shape index (κ2) is 4.80. The number of aromatic nitrogens is 2. The van der Waals surface area contributed by atoms with E-state index in [0.29, 0.717) is 10.7 Å². The van der Waals surface area contributed by atoms with E-state index in [1.165, 1.54) is 0 Å². The zero-order chi connectivity index (χ0) is 11.5. The van der Waals surface area contributed by atoms with Crippen molar-refractivity contribution in [2.24, 2.45) is 7.05 Å². The molecule has 0 spiro atoms. The number of anilines is 1. The maximum Gasteiger partial charge on any atom is 0.0727 e. The van der Waals surface area contributed by atoms with Crippen LogP contribution < -0.4 is 5.73 Å². The van der Waals surface area contributed by atoms with E-state index in [1.807, 2.05) is 31.4 Å². The van der Waals surface area contributed by atoms with Crippen LogP contribution in [-0.4, -0.2) is 9.78 Å². The van der Waals surface area contributed by atoms with E-state index in [2.05, 4.69) is 5.10 Å². The molecule has 1 heterocycles. The van der Waals surface area contributed by atoms with Gasteiger partial charge in [-0.15, -0.1) is 11.8 Å². The van der Waals surface area contributed by atoms with E-state index in [9.17, 15) is 0 Å². The van der Waals surface area contributed by atoms with Crippen LogP contribution in [0.3, 0.4) is 0 Å². The van der Waals surface area contributed by atoms with Crippen molar-refractivity contribution in [2.45, 2.75) is 10.6 Å². The molecule has 0 bridgehead atoms. The second-order valence-corrected chi connectivity index (χ2v) is 4.88. The number of hydrogen-bond acceptors (Lipinski definition) is 3. The zero-order valence-corrected chi connectivity index (χ0v) is 10.4. The molecule has 5 heteroatoms. The van der Waals surface area contributed by atoms with Gasteiger partial charge >= 0.3 is 0 Å². The Labute approximate surface area is 104 Å². The van der Waals surface area contributed by atoms with Crippen LogP contribution in [0.15, 0.2) is 35.4 Å². The monoisotopic (exact) mass is 253 g/mol. The summed E-state index contributed by atoms with van der Waals surface area (Å²) in [7, 11) is 1.91. The number of nitrogens with two attached hydrogens (primary N) is 1. The molecule has 2 aromatic rings. The van der Waals surface area contributed by atoms with Gasteiger partial charge in [-0.2, -0.15) is 5.10 Å². The Morgan fingerprint density at radius 1 is 1.44 bits per heavy atom. The van der Waals surface area contributed by atoms with Gasteiger partial charge in [0.2, 0.25) is 0 Å². The number of nitrogen functional groups attached to an aromatic ring is 1. The molecule has 3 nitrogen and oxygen atoms in total. The van der Waals surface area contributed by atoms with Crippen LogP contribution in [0.2, 0.25) is 5.02 Å². The third-order valence-electron chi connectivity index (χ3n) is 2.10. The molecule has 0 aliphatic carbocycles. The van der Waals surface area contributed by atoms with E-state index in [-0.39, 0.29) is 0 Å². The molecule has 0 aliphatic heterocycles. The lowest BCUT2D eigenvalue weighted by atomic mass is 10.3. The van der Waals surface area contributed by atoms with Crippen molar-refractivity contribution in [1.29, 1.82) is 0 Å². The molecule has 0 saturated carbocycles. The van der Waals surface area contributed by atoms with Gasteiger partial charge in [0.05, 0.1) is 10.7 Å². The van der Waals surface area contributed by atoms with E-state index in [4.69, 9.17) is 17.3 Å². The Kier molecular flexibility index (Phi) is 3.41. The Morgan fingerprint density at radius 2 is 2.25 bits per heavy atom. The number of nitrogens with zero attached hydrogens (tertiary/aromatic N) is 2. The van der Waals surface area contributed by atoms with Crippen molar-refractivity contribution in [2.75, 3.05) is 5.73 Å². The molecular formula is C11H12ClN3S. The standard InChI is InChI=1S/C11H12ClN3S/c1-15-5-4-9(14-15)7-16-11-3-2-8(13)6-10(11)12/h2-6H,7,13H2,1H3. The van der Waals surface area contributed by atoms with E-state index in [0.717, 1.165) is 16.3 Å². The topological polar surface area (TPSA) is 43.8 Å². The van der Waals surface area contributed by atoms with Gasteiger partial charge in [0.15, 0.2) is 0 Å². The molecule has 1 aromatic heterocycles. The molecule has 0 saturated heterocycles. The summed E-state index contributed by atoms with van der Waals surface area (Å²) in [5.41, 5.74) is 7.36. The summed E-state index contributed by atoms with van der Waals surface area (Å²) in [6.07, 6.45) is 1.93. The maximum absolute atomic E-state index is 6.07. The molecule has 2 N–H and O–H groups in total. The molecule has 0 atom stereocenters. The molecule has 84 valence electrons. The lowest BCUT2D eigenvalue weighted by Crippen LogP contribution is -1.90. The van der Waals surface area contributed by atoms with Gasteiger partial charge in [0, 0.05) is 29.6 Å². The molecule has 16 heavy (non-hydrogen) atoms.